The molecule has 1 aliphatic heterocycles. The van der Waals surface area contributed by atoms with Gasteiger partial charge in [0.2, 0.25) is 17.7 Å². The number of anilines is 1. The predicted octanol–water partition coefficient (Wildman–Crippen LogP) is 2.14. The first-order valence-electron chi connectivity index (χ1n) is 8.98. The molecule has 1 heterocycles. The van der Waals surface area contributed by atoms with Gasteiger partial charge in [-0.1, -0.05) is 12.2 Å². The van der Waals surface area contributed by atoms with E-state index < -0.39 is 11.9 Å². The summed E-state index contributed by atoms with van der Waals surface area (Å²) in [7, 11) is 0. The Morgan fingerprint density at radius 2 is 1.63 bits per heavy atom. The SMILES string of the molecule is CC(C)OC(=O)c1ccc(NC(=O)CN2C(=O)[C@H]3CC=CC[C@H]3C2=O)cc1. The van der Waals surface area contributed by atoms with Crippen LogP contribution >= 0.6 is 0 Å². The monoisotopic (exact) mass is 370 g/mol. The summed E-state index contributed by atoms with van der Waals surface area (Å²) in [6, 6.07) is 6.25. The smallest absolute Gasteiger partial charge is 0.338 e. The molecule has 0 spiro atoms. The van der Waals surface area contributed by atoms with E-state index in [-0.39, 0.29) is 36.3 Å². The second kappa shape index (κ2) is 7.73. The minimum Gasteiger partial charge on any atom is -0.459 e. The maximum Gasteiger partial charge on any atom is 0.338 e. The summed E-state index contributed by atoms with van der Waals surface area (Å²) in [6.07, 6.45) is 4.68. The molecule has 1 aromatic rings. The minimum absolute atomic E-state index is 0.216. The summed E-state index contributed by atoms with van der Waals surface area (Å²) >= 11 is 0. The van der Waals surface area contributed by atoms with Gasteiger partial charge in [0.25, 0.3) is 0 Å². The summed E-state index contributed by atoms with van der Waals surface area (Å²) in [6.45, 7) is 3.22. The van der Waals surface area contributed by atoms with E-state index in [1.807, 2.05) is 12.2 Å². The van der Waals surface area contributed by atoms with E-state index in [9.17, 15) is 19.2 Å². The van der Waals surface area contributed by atoms with Gasteiger partial charge >= 0.3 is 5.97 Å². The van der Waals surface area contributed by atoms with Crippen molar-refractivity contribution >= 4 is 29.4 Å². The number of allylic oxidation sites excluding steroid dienone is 2. The van der Waals surface area contributed by atoms with Gasteiger partial charge in [-0.05, 0) is 51.0 Å². The number of fused-ring (bicyclic) bond motifs is 1. The highest BCUT2D eigenvalue weighted by atomic mass is 16.5. The van der Waals surface area contributed by atoms with Crippen molar-refractivity contribution in [3.05, 3.63) is 42.0 Å². The molecular weight excluding hydrogens is 348 g/mol. The number of carbonyl (C=O) groups is 4. The van der Waals surface area contributed by atoms with Crippen LogP contribution in [-0.4, -0.2) is 41.2 Å². The van der Waals surface area contributed by atoms with Gasteiger partial charge in [0.15, 0.2) is 0 Å². The van der Waals surface area contributed by atoms with Crippen molar-refractivity contribution in [2.45, 2.75) is 32.8 Å². The van der Waals surface area contributed by atoms with Crippen molar-refractivity contribution in [1.29, 1.82) is 0 Å². The van der Waals surface area contributed by atoms with Crippen molar-refractivity contribution in [1.82, 2.24) is 4.90 Å². The van der Waals surface area contributed by atoms with E-state index in [0.717, 1.165) is 4.90 Å². The Bertz CT molecular complexity index is 771. The Kier molecular flexibility index (Phi) is 5.39. The number of rotatable bonds is 5. The van der Waals surface area contributed by atoms with Crippen LogP contribution in [0.15, 0.2) is 36.4 Å². The second-order valence-electron chi connectivity index (χ2n) is 7.00. The zero-order valence-electron chi connectivity index (χ0n) is 15.3. The van der Waals surface area contributed by atoms with E-state index in [0.29, 0.717) is 24.1 Å². The molecule has 0 radical (unpaired) electrons. The van der Waals surface area contributed by atoms with E-state index in [4.69, 9.17) is 4.74 Å². The number of esters is 1. The highest BCUT2D eigenvalue weighted by Crippen LogP contribution is 2.34. The predicted molar refractivity (Wildman–Crippen MR) is 97.7 cm³/mol. The van der Waals surface area contributed by atoms with Crippen LogP contribution in [0.25, 0.3) is 0 Å². The van der Waals surface area contributed by atoms with Crippen LogP contribution in [0, 0.1) is 11.8 Å². The molecule has 1 aromatic carbocycles. The topological polar surface area (TPSA) is 92.8 Å². The Labute approximate surface area is 157 Å². The van der Waals surface area contributed by atoms with Crippen LogP contribution in [0.3, 0.4) is 0 Å². The van der Waals surface area contributed by atoms with Crippen LogP contribution in [-0.2, 0) is 19.1 Å². The second-order valence-corrected chi connectivity index (χ2v) is 7.00. The van der Waals surface area contributed by atoms with Gasteiger partial charge in [-0.25, -0.2) is 4.79 Å². The first kappa shape index (κ1) is 18.8. The van der Waals surface area contributed by atoms with Gasteiger partial charge in [-0.15, -0.1) is 0 Å². The Balaban J connectivity index is 1.59. The molecule has 7 nitrogen and oxygen atoms in total. The lowest BCUT2D eigenvalue weighted by atomic mass is 9.85. The number of carbonyl (C=O) groups excluding carboxylic acids is 4. The molecule has 7 heteroatoms. The fourth-order valence-electron chi connectivity index (χ4n) is 3.34. The highest BCUT2D eigenvalue weighted by molar-refractivity contribution is 6.08. The van der Waals surface area contributed by atoms with Crippen molar-refractivity contribution in [3.8, 4) is 0 Å². The lowest BCUT2D eigenvalue weighted by Gasteiger charge is -2.14. The molecule has 0 aromatic heterocycles. The molecule has 0 unspecified atom stereocenters. The van der Waals surface area contributed by atoms with Crippen molar-refractivity contribution < 1.29 is 23.9 Å². The molecule has 2 aliphatic rings. The number of nitrogens with zero attached hydrogens (tertiary/aromatic N) is 1. The molecule has 0 saturated carbocycles. The Morgan fingerprint density at radius 3 is 2.15 bits per heavy atom. The highest BCUT2D eigenvalue weighted by Gasteiger charge is 2.47. The summed E-state index contributed by atoms with van der Waals surface area (Å²) < 4.78 is 5.10. The number of benzene rings is 1. The largest absolute Gasteiger partial charge is 0.459 e. The number of hydrogen-bond donors (Lipinski definition) is 1. The molecule has 1 fully saturated rings. The van der Waals surface area contributed by atoms with Gasteiger partial charge in [0.1, 0.15) is 6.54 Å². The van der Waals surface area contributed by atoms with E-state index in [2.05, 4.69) is 5.32 Å². The maximum absolute atomic E-state index is 12.4. The van der Waals surface area contributed by atoms with E-state index in [1.54, 1.807) is 38.1 Å². The van der Waals surface area contributed by atoms with Crippen LogP contribution in [0.2, 0.25) is 0 Å². The molecule has 1 saturated heterocycles. The lowest BCUT2D eigenvalue weighted by Crippen LogP contribution is -2.38. The standard InChI is InChI=1S/C20H22N2O5/c1-12(2)27-20(26)13-7-9-14(10-8-13)21-17(23)11-22-18(24)15-5-3-4-6-16(15)19(22)25/h3-4,7-10,12,15-16H,5-6,11H2,1-2H3,(H,21,23)/t15-,16+. The molecule has 1 N–H and O–H groups in total. The molecule has 27 heavy (non-hydrogen) atoms. The zero-order valence-corrected chi connectivity index (χ0v) is 15.3. The van der Waals surface area contributed by atoms with Crippen LogP contribution in [0.1, 0.15) is 37.0 Å². The number of likely N-dealkylation sites (tertiary alicyclic amines) is 1. The maximum atomic E-state index is 12.4. The summed E-state index contributed by atoms with van der Waals surface area (Å²) in [4.78, 5) is 49.9. The van der Waals surface area contributed by atoms with Gasteiger partial charge < -0.3 is 10.1 Å². The molecular formula is C20H22N2O5. The third kappa shape index (κ3) is 4.07. The average molecular weight is 370 g/mol. The van der Waals surface area contributed by atoms with E-state index in [1.165, 1.54) is 0 Å². The van der Waals surface area contributed by atoms with Crippen LogP contribution in [0.5, 0.6) is 0 Å². The first-order valence-corrected chi connectivity index (χ1v) is 8.98. The fraction of sp³-hybridized carbons (Fsp3) is 0.400. The van der Waals surface area contributed by atoms with Crippen LogP contribution in [0.4, 0.5) is 5.69 Å². The van der Waals surface area contributed by atoms with Crippen molar-refractivity contribution in [2.24, 2.45) is 11.8 Å². The van der Waals surface area contributed by atoms with Gasteiger partial charge in [-0.3, -0.25) is 19.3 Å². The molecule has 3 rings (SSSR count). The number of hydrogen-bond acceptors (Lipinski definition) is 5. The number of ether oxygens (including phenoxy) is 1. The summed E-state index contributed by atoms with van der Waals surface area (Å²) in [5.41, 5.74) is 0.849. The van der Waals surface area contributed by atoms with Crippen LogP contribution < -0.4 is 5.32 Å². The molecule has 3 amide bonds. The normalized spacial score (nSPS) is 21.4. The molecule has 1 aliphatic carbocycles. The van der Waals surface area contributed by atoms with E-state index >= 15 is 0 Å². The van der Waals surface area contributed by atoms with Crippen molar-refractivity contribution in [2.75, 3.05) is 11.9 Å². The Hall–Kier alpha value is -2.96. The molecule has 142 valence electrons. The molecule has 2 atom stereocenters. The number of amides is 3. The third-order valence-corrected chi connectivity index (χ3v) is 4.65. The van der Waals surface area contributed by atoms with Gasteiger partial charge in [0.05, 0.1) is 23.5 Å². The summed E-state index contributed by atoms with van der Waals surface area (Å²) in [5, 5.41) is 2.65. The quantitative estimate of drug-likeness (QED) is 0.487. The number of imide groups is 1. The average Bonchev–Trinajstić information content (AvgIpc) is 2.87. The zero-order chi connectivity index (χ0) is 19.6. The summed E-state index contributed by atoms with van der Waals surface area (Å²) in [5.74, 6) is -2.15. The van der Waals surface area contributed by atoms with Gasteiger partial charge in [0, 0.05) is 5.69 Å². The number of nitrogens with one attached hydrogen (secondary N) is 1. The first-order chi connectivity index (χ1) is 12.9. The van der Waals surface area contributed by atoms with Gasteiger partial charge in [-0.2, -0.15) is 0 Å². The fourth-order valence-corrected chi connectivity index (χ4v) is 3.34. The lowest BCUT2D eigenvalue weighted by molar-refractivity contribution is -0.142. The Morgan fingerprint density at radius 1 is 1.07 bits per heavy atom. The molecule has 0 bridgehead atoms. The van der Waals surface area contributed by atoms with Crippen molar-refractivity contribution in [3.63, 3.8) is 0 Å². The minimum atomic E-state index is -0.458. The third-order valence-electron chi connectivity index (χ3n) is 4.65.